The Bertz CT molecular complexity index is 934. The lowest BCUT2D eigenvalue weighted by Gasteiger charge is -2.39. The smallest absolute Gasteiger partial charge is 0.277 e. The number of hydrogen-bond donors (Lipinski definition) is 1. The molecule has 144 valence electrons. The first-order valence-electron chi connectivity index (χ1n) is 9.48. The Morgan fingerprint density at radius 1 is 0.929 bits per heavy atom. The van der Waals surface area contributed by atoms with Crippen LogP contribution in [0.5, 0.6) is 0 Å². The molecule has 0 radical (unpaired) electrons. The van der Waals surface area contributed by atoms with E-state index in [9.17, 15) is 4.79 Å². The molecule has 0 bridgehead atoms. The van der Waals surface area contributed by atoms with Crippen molar-refractivity contribution in [3.8, 4) is 0 Å². The quantitative estimate of drug-likeness (QED) is 0.497. The Morgan fingerprint density at radius 3 is 2.25 bits per heavy atom. The highest BCUT2D eigenvalue weighted by Gasteiger charge is 2.34. The van der Waals surface area contributed by atoms with E-state index in [1.54, 1.807) is 0 Å². The number of amides is 1. The summed E-state index contributed by atoms with van der Waals surface area (Å²) in [5.74, 6) is 0.0472. The molecule has 0 heterocycles. The fourth-order valence-electron chi connectivity index (χ4n) is 3.37. The maximum atomic E-state index is 13.5. The topological polar surface area (TPSA) is 32.3 Å². The molecule has 0 spiro atoms. The molecule has 0 aliphatic heterocycles. The molecule has 0 saturated carbocycles. The standard InChI is InChI=1S/C24H28N3O/c1-19-13-15-20(16-14-19)17-24(28)26(22-10-8-9-21(18-22)25-2)27(3,4)23-11-6-5-7-12-23/h5-16,18,25H,17H2,1-4H3/q+1. The highest BCUT2D eigenvalue weighted by molar-refractivity contribution is 5.96. The summed E-state index contributed by atoms with van der Waals surface area (Å²) >= 11 is 0. The number of aryl methyl sites for hydroxylation is 1. The fraction of sp³-hybridized carbons (Fsp3) is 0.208. The van der Waals surface area contributed by atoms with Crippen LogP contribution in [0.25, 0.3) is 0 Å². The van der Waals surface area contributed by atoms with E-state index in [0.29, 0.717) is 11.0 Å². The summed E-state index contributed by atoms with van der Waals surface area (Å²) in [5, 5.41) is 5.02. The maximum Gasteiger partial charge on any atom is 0.277 e. The fourth-order valence-corrected chi connectivity index (χ4v) is 3.37. The van der Waals surface area contributed by atoms with Crippen LogP contribution in [0, 0.1) is 6.92 Å². The van der Waals surface area contributed by atoms with E-state index < -0.39 is 0 Å². The second-order valence-electron chi connectivity index (χ2n) is 7.40. The highest BCUT2D eigenvalue weighted by Crippen LogP contribution is 2.29. The predicted molar refractivity (Wildman–Crippen MR) is 118 cm³/mol. The summed E-state index contributed by atoms with van der Waals surface area (Å²) in [6.45, 7) is 2.05. The molecule has 0 aromatic heterocycles. The lowest BCUT2D eigenvalue weighted by atomic mass is 10.1. The van der Waals surface area contributed by atoms with Crippen molar-refractivity contribution in [3.05, 3.63) is 90.0 Å². The van der Waals surface area contributed by atoms with Gasteiger partial charge in [-0.2, -0.15) is 9.60 Å². The normalized spacial score (nSPS) is 11.1. The first-order valence-corrected chi connectivity index (χ1v) is 9.48. The molecule has 0 aliphatic rings. The molecule has 4 heteroatoms. The van der Waals surface area contributed by atoms with E-state index in [2.05, 4.69) is 12.2 Å². The van der Waals surface area contributed by atoms with Crippen LogP contribution in [0.15, 0.2) is 78.9 Å². The zero-order chi connectivity index (χ0) is 20.1. The lowest BCUT2D eigenvalue weighted by molar-refractivity contribution is -0.120. The third-order valence-corrected chi connectivity index (χ3v) is 4.98. The van der Waals surface area contributed by atoms with E-state index >= 15 is 0 Å². The summed E-state index contributed by atoms with van der Waals surface area (Å²) in [5.41, 5.74) is 5.07. The average Bonchev–Trinajstić information content (AvgIpc) is 2.70. The summed E-state index contributed by atoms with van der Waals surface area (Å²) < 4.78 is 0.304. The van der Waals surface area contributed by atoms with Gasteiger partial charge in [0.05, 0.1) is 20.5 Å². The Hall–Kier alpha value is -3.11. The number of nitrogens with zero attached hydrogens (tertiary/aromatic N) is 2. The Kier molecular flexibility index (Phi) is 5.81. The number of benzene rings is 3. The molecule has 1 N–H and O–H groups in total. The highest BCUT2D eigenvalue weighted by atomic mass is 16.2. The van der Waals surface area contributed by atoms with E-state index in [4.69, 9.17) is 0 Å². The molecule has 0 atom stereocenters. The van der Waals surface area contributed by atoms with E-state index in [0.717, 1.165) is 22.6 Å². The van der Waals surface area contributed by atoms with E-state index in [1.807, 2.05) is 105 Å². The number of anilines is 2. The average molecular weight is 375 g/mol. The molecule has 0 saturated heterocycles. The third kappa shape index (κ3) is 4.24. The molecular formula is C24H28N3O+. The second-order valence-corrected chi connectivity index (χ2v) is 7.40. The minimum absolute atomic E-state index is 0.0472. The van der Waals surface area contributed by atoms with Gasteiger partial charge < -0.3 is 5.32 Å². The van der Waals surface area contributed by atoms with Gasteiger partial charge in [-0.25, -0.2) is 0 Å². The van der Waals surface area contributed by atoms with Crippen molar-refractivity contribution in [2.45, 2.75) is 13.3 Å². The zero-order valence-corrected chi connectivity index (χ0v) is 17.0. The maximum absolute atomic E-state index is 13.5. The lowest BCUT2D eigenvalue weighted by Crippen LogP contribution is -2.59. The van der Waals surface area contributed by atoms with Crippen molar-refractivity contribution < 1.29 is 4.79 Å². The van der Waals surface area contributed by atoms with Gasteiger partial charge >= 0.3 is 0 Å². The van der Waals surface area contributed by atoms with Gasteiger partial charge in [0, 0.05) is 24.9 Å². The van der Waals surface area contributed by atoms with Crippen LogP contribution in [0.2, 0.25) is 0 Å². The largest absolute Gasteiger partial charge is 0.388 e. The third-order valence-electron chi connectivity index (χ3n) is 4.98. The van der Waals surface area contributed by atoms with Crippen LogP contribution in [0.3, 0.4) is 0 Å². The summed E-state index contributed by atoms with van der Waals surface area (Å²) in [4.78, 5) is 13.5. The second kappa shape index (κ2) is 8.28. The van der Waals surface area contributed by atoms with Gasteiger partial charge in [-0.05, 0) is 30.7 Å². The Morgan fingerprint density at radius 2 is 1.61 bits per heavy atom. The first kappa shape index (κ1) is 19.6. The summed E-state index contributed by atoms with van der Waals surface area (Å²) in [6, 6.07) is 26.2. The van der Waals surface area contributed by atoms with Crippen LogP contribution in [-0.2, 0) is 11.2 Å². The Balaban J connectivity index is 2.03. The van der Waals surface area contributed by atoms with Crippen LogP contribution >= 0.6 is 0 Å². The summed E-state index contributed by atoms with van der Waals surface area (Å²) in [6.07, 6.45) is 0.346. The molecule has 0 fully saturated rings. The molecule has 1 amide bonds. The van der Waals surface area contributed by atoms with Crippen molar-refractivity contribution >= 4 is 23.0 Å². The number of carbonyl (C=O) groups is 1. The van der Waals surface area contributed by atoms with Gasteiger partial charge in [-0.1, -0.05) is 54.1 Å². The molecule has 0 unspecified atom stereocenters. The van der Waals surface area contributed by atoms with Crippen LogP contribution in [-0.4, -0.2) is 27.1 Å². The van der Waals surface area contributed by atoms with Crippen LogP contribution in [0.1, 0.15) is 11.1 Å². The molecule has 3 aromatic rings. The van der Waals surface area contributed by atoms with Crippen molar-refractivity contribution in [3.63, 3.8) is 0 Å². The van der Waals surface area contributed by atoms with Crippen molar-refractivity contribution in [1.29, 1.82) is 0 Å². The first-order chi connectivity index (χ1) is 13.4. The minimum Gasteiger partial charge on any atom is -0.388 e. The molecule has 0 aliphatic carbocycles. The molecular weight excluding hydrogens is 346 g/mol. The molecule has 3 rings (SSSR count). The molecule has 28 heavy (non-hydrogen) atoms. The number of nitrogens with one attached hydrogen (secondary N) is 1. The van der Waals surface area contributed by atoms with E-state index in [1.165, 1.54) is 5.56 Å². The zero-order valence-electron chi connectivity index (χ0n) is 17.0. The van der Waals surface area contributed by atoms with Gasteiger partial charge in [0.25, 0.3) is 5.91 Å². The predicted octanol–water partition coefficient (Wildman–Crippen LogP) is 4.79. The molecule has 4 nitrogen and oxygen atoms in total. The number of para-hydroxylation sites is 1. The van der Waals surface area contributed by atoms with Crippen molar-refractivity contribution in [1.82, 2.24) is 4.59 Å². The van der Waals surface area contributed by atoms with Crippen LogP contribution < -0.4 is 14.9 Å². The van der Waals surface area contributed by atoms with Gasteiger partial charge in [0.2, 0.25) is 0 Å². The number of rotatable bonds is 6. The van der Waals surface area contributed by atoms with Crippen molar-refractivity contribution in [2.75, 3.05) is 31.5 Å². The number of quaternary nitrogens is 1. The van der Waals surface area contributed by atoms with Gasteiger partial charge in [0.1, 0.15) is 5.69 Å². The number of hydrogen-bond acceptors (Lipinski definition) is 2. The van der Waals surface area contributed by atoms with Gasteiger partial charge in [0.15, 0.2) is 5.69 Å². The van der Waals surface area contributed by atoms with E-state index in [-0.39, 0.29) is 5.91 Å². The monoisotopic (exact) mass is 374 g/mol. The van der Waals surface area contributed by atoms with Gasteiger partial charge in [-0.3, -0.25) is 4.79 Å². The molecule has 3 aromatic carbocycles. The van der Waals surface area contributed by atoms with Crippen molar-refractivity contribution in [2.24, 2.45) is 0 Å². The number of carbonyl (C=O) groups excluding carboxylic acids is 1. The van der Waals surface area contributed by atoms with Crippen LogP contribution in [0.4, 0.5) is 17.1 Å². The van der Waals surface area contributed by atoms with Gasteiger partial charge in [-0.15, -0.1) is 0 Å². The minimum atomic E-state index is 0.0472. The SMILES string of the molecule is CNc1cccc(N(C(=O)Cc2ccc(C)cc2)[N+](C)(C)c2ccccc2)c1. The Labute approximate surface area is 167 Å². The summed E-state index contributed by atoms with van der Waals surface area (Å²) in [7, 11) is 5.96.